The van der Waals surface area contributed by atoms with E-state index in [1.165, 1.54) is 10.8 Å². The van der Waals surface area contributed by atoms with Gasteiger partial charge in [-0.2, -0.15) is 0 Å². The number of benzene rings is 2. The first kappa shape index (κ1) is 12.4. The predicted molar refractivity (Wildman–Crippen MR) is 86.7 cm³/mol. The summed E-state index contributed by atoms with van der Waals surface area (Å²) in [6.07, 6.45) is 2.33. The zero-order valence-corrected chi connectivity index (χ0v) is 12.9. The highest BCUT2D eigenvalue weighted by atomic mass is 28.3. The molecule has 0 fully saturated rings. The van der Waals surface area contributed by atoms with Crippen LogP contribution >= 0.6 is 0 Å². The minimum absolute atomic E-state index is 0.275. The summed E-state index contributed by atoms with van der Waals surface area (Å²) in [6, 6.07) is 20.0. The van der Waals surface area contributed by atoms with Crippen LogP contribution in [0.4, 0.5) is 0 Å². The molecule has 0 nitrogen and oxygen atoms in total. The first-order chi connectivity index (χ1) is 9.06. The topological polar surface area (TPSA) is 0 Å². The van der Waals surface area contributed by atoms with Gasteiger partial charge in [0.15, 0.2) is 0 Å². The Hall–Kier alpha value is -1.60. The quantitative estimate of drug-likeness (QED) is 0.690. The molecule has 0 aliphatic carbocycles. The highest BCUT2D eigenvalue weighted by Crippen LogP contribution is 2.40. The summed E-state index contributed by atoms with van der Waals surface area (Å²) >= 11 is 0. The SMILES string of the molecule is CC(C)(C)[Si]1(c2ccccc2)C=Cc2ccccc21. The number of hydrogen-bond donors (Lipinski definition) is 0. The van der Waals surface area contributed by atoms with Crippen molar-refractivity contribution in [3.8, 4) is 0 Å². The molecule has 19 heavy (non-hydrogen) atoms. The fraction of sp³-hybridized carbons (Fsp3) is 0.222. The van der Waals surface area contributed by atoms with Gasteiger partial charge in [-0.15, -0.1) is 0 Å². The molecule has 96 valence electrons. The Morgan fingerprint density at radius 1 is 0.789 bits per heavy atom. The van der Waals surface area contributed by atoms with Gasteiger partial charge >= 0.3 is 0 Å². The van der Waals surface area contributed by atoms with Crippen LogP contribution in [0.5, 0.6) is 0 Å². The van der Waals surface area contributed by atoms with Crippen molar-refractivity contribution in [3.05, 3.63) is 65.9 Å². The molecule has 2 aromatic carbocycles. The van der Waals surface area contributed by atoms with Gasteiger partial charge in [0.2, 0.25) is 0 Å². The maximum atomic E-state index is 2.52. The van der Waals surface area contributed by atoms with Crippen LogP contribution < -0.4 is 10.4 Å². The smallest absolute Gasteiger partial charge is 0.0849 e. The lowest BCUT2D eigenvalue weighted by Crippen LogP contribution is -2.62. The third-order valence-electron chi connectivity index (χ3n) is 4.31. The highest BCUT2D eigenvalue weighted by Gasteiger charge is 2.48. The van der Waals surface area contributed by atoms with E-state index in [1.807, 2.05) is 0 Å². The Bertz CT molecular complexity index is 620. The van der Waals surface area contributed by atoms with E-state index in [0.29, 0.717) is 0 Å². The summed E-state index contributed by atoms with van der Waals surface area (Å²) in [4.78, 5) is 0. The van der Waals surface area contributed by atoms with Gasteiger partial charge in [-0.3, -0.25) is 0 Å². The summed E-state index contributed by atoms with van der Waals surface area (Å²) in [5.74, 6) is 0. The highest BCUT2D eigenvalue weighted by molar-refractivity contribution is 7.09. The molecule has 1 unspecified atom stereocenters. The molecule has 0 N–H and O–H groups in total. The van der Waals surface area contributed by atoms with Crippen molar-refractivity contribution < 1.29 is 0 Å². The van der Waals surface area contributed by atoms with Gasteiger partial charge in [0.25, 0.3) is 0 Å². The lowest BCUT2D eigenvalue weighted by atomic mass is 10.2. The molecule has 2 aromatic rings. The minimum Gasteiger partial charge on any atom is -0.0849 e. The first-order valence-electron chi connectivity index (χ1n) is 6.90. The summed E-state index contributed by atoms with van der Waals surface area (Å²) in [7, 11) is -1.81. The molecule has 0 amide bonds. The van der Waals surface area contributed by atoms with E-state index in [0.717, 1.165) is 0 Å². The summed E-state index contributed by atoms with van der Waals surface area (Å²) in [5.41, 5.74) is 3.93. The van der Waals surface area contributed by atoms with E-state index in [2.05, 4.69) is 87.1 Å². The molecular formula is C18H20Si. The molecule has 0 bridgehead atoms. The fourth-order valence-electron chi connectivity index (χ4n) is 3.35. The zero-order chi connectivity index (χ0) is 13.5. The van der Waals surface area contributed by atoms with Crippen molar-refractivity contribution >= 4 is 24.5 Å². The van der Waals surface area contributed by atoms with Crippen LogP contribution in [0.15, 0.2) is 60.3 Å². The van der Waals surface area contributed by atoms with E-state index < -0.39 is 8.07 Å². The average molecular weight is 264 g/mol. The van der Waals surface area contributed by atoms with Gasteiger partial charge < -0.3 is 0 Å². The normalized spacial score (nSPS) is 21.4. The summed E-state index contributed by atoms with van der Waals surface area (Å²) in [5, 5.41) is 3.36. The van der Waals surface area contributed by atoms with Gasteiger partial charge in [-0.05, 0) is 21.0 Å². The van der Waals surface area contributed by atoms with Crippen molar-refractivity contribution in [1.82, 2.24) is 0 Å². The molecular weight excluding hydrogens is 244 g/mol. The second-order valence-electron chi connectivity index (χ2n) is 6.34. The Balaban J connectivity index is 2.31. The maximum absolute atomic E-state index is 2.52. The average Bonchev–Trinajstić information content (AvgIpc) is 2.80. The van der Waals surface area contributed by atoms with Crippen LogP contribution in [0.1, 0.15) is 26.3 Å². The number of fused-ring (bicyclic) bond motifs is 1. The van der Waals surface area contributed by atoms with Crippen LogP contribution in [0.25, 0.3) is 6.08 Å². The van der Waals surface area contributed by atoms with E-state index in [1.54, 1.807) is 5.19 Å². The van der Waals surface area contributed by atoms with Crippen LogP contribution in [0.2, 0.25) is 5.04 Å². The van der Waals surface area contributed by atoms with Crippen LogP contribution in [-0.2, 0) is 0 Å². The monoisotopic (exact) mass is 264 g/mol. The lowest BCUT2D eigenvalue weighted by molar-refractivity contribution is 0.739. The van der Waals surface area contributed by atoms with E-state index in [4.69, 9.17) is 0 Å². The van der Waals surface area contributed by atoms with Gasteiger partial charge in [0.1, 0.15) is 8.07 Å². The third kappa shape index (κ3) is 1.72. The summed E-state index contributed by atoms with van der Waals surface area (Å²) in [6.45, 7) is 7.16. The van der Waals surface area contributed by atoms with Crippen molar-refractivity contribution in [1.29, 1.82) is 0 Å². The molecule has 0 radical (unpaired) electrons. The molecule has 1 heterocycles. The second kappa shape index (κ2) is 4.21. The Morgan fingerprint density at radius 2 is 1.42 bits per heavy atom. The van der Waals surface area contributed by atoms with E-state index in [9.17, 15) is 0 Å². The third-order valence-corrected chi connectivity index (χ3v) is 9.89. The van der Waals surface area contributed by atoms with E-state index >= 15 is 0 Å². The van der Waals surface area contributed by atoms with Gasteiger partial charge in [-0.1, -0.05) is 87.1 Å². The van der Waals surface area contributed by atoms with Crippen LogP contribution in [0.3, 0.4) is 0 Å². The van der Waals surface area contributed by atoms with Gasteiger partial charge in [0.05, 0.1) is 0 Å². The van der Waals surface area contributed by atoms with E-state index in [-0.39, 0.29) is 5.04 Å². The van der Waals surface area contributed by atoms with Crippen molar-refractivity contribution in [2.24, 2.45) is 0 Å². The molecule has 0 aromatic heterocycles. The Morgan fingerprint density at radius 3 is 2.11 bits per heavy atom. The fourth-order valence-corrected chi connectivity index (χ4v) is 8.33. The molecule has 0 saturated heterocycles. The number of hydrogen-bond acceptors (Lipinski definition) is 0. The Labute approximate surface area is 116 Å². The molecule has 0 saturated carbocycles. The molecule has 3 rings (SSSR count). The second-order valence-corrected chi connectivity index (χ2v) is 10.9. The molecule has 1 aliphatic heterocycles. The zero-order valence-electron chi connectivity index (χ0n) is 11.9. The minimum atomic E-state index is -1.81. The predicted octanol–water partition coefficient (Wildman–Crippen LogP) is 3.62. The van der Waals surface area contributed by atoms with Crippen molar-refractivity contribution in [2.45, 2.75) is 25.8 Å². The van der Waals surface area contributed by atoms with Crippen molar-refractivity contribution in [2.75, 3.05) is 0 Å². The van der Waals surface area contributed by atoms with Gasteiger partial charge in [0, 0.05) is 0 Å². The maximum Gasteiger partial charge on any atom is 0.147 e. The molecule has 1 atom stereocenters. The van der Waals surface area contributed by atoms with Crippen molar-refractivity contribution in [3.63, 3.8) is 0 Å². The summed E-state index contributed by atoms with van der Waals surface area (Å²) < 4.78 is 0. The lowest BCUT2D eigenvalue weighted by Gasteiger charge is -2.40. The Kier molecular flexibility index (Phi) is 2.75. The van der Waals surface area contributed by atoms with Gasteiger partial charge in [-0.25, -0.2) is 0 Å². The number of rotatable bonds is 1. The molecule has 1 heteroatoms. The van der Waals surface area contributed by atoms with Crippen LogP contribution in [-0.4, -0.2) is 8.07 Å². The largest absolute Gasteiger partial charge is 0.147 e. The standard InChI is InChI=1S/C18H20Si/c1-18(2,3)19(16-10-5-4-6-11-16)14-13-15-9-7-8-12-17(15)19/h4-14H,1-3H3. The molecule has 1 aliphatic rings. The molecule has 0 spiro atoms. The first-order valence-corrected chi connectivity index (χ1v) is 8.98. The van der Waals surface area contributed by atoms with Crippen LogP contribution in [0, 0.1) is 0 Å².